The molecule has 0 aliphatic carbocycles. The van der Waals surface area contributed by atoms with Gasteiger partial charge in [0.1, 0.15) is 11.9 Å². The lowest BCUT2D eigenvalue weighted by atomic mass is 10.0. The third-order valence-electron chi connectivity index (χ3n) is 5.88. The van der Waals surface area contributed by atoms with Gasteiger partial charge >= 0.3 is 12.1 Å². The van der Waals surface area contributed by atoms with Crippen LogP contribution in [0.15, 0.2) is 59.6 Å². The molecule has 0 amide bonds. The van der Waals surface area contributed by atoms with E-state index in [1.807, 2.05) is 12.1 Å². The van der Waals surface area contributed by atoms with Gasteiger partial charge in [-0.05, 0) is 30.0 Å². The first-order valence-corrected chi connectivity index (χ1v) is 11.4. The van der Waals surface area contributed by atoms with Crippen molar-refractivity contribution in [3.8, 4) is 0 Å². The number of aliphatic imine (C=N–C) groups is 1. The number of nitrogens with one attached hydrogen (secondary N) is 1. The summed E-state index contributed by atoms with van der Waals surface area (Å²) in [5.41, 5.74) is 10.5. The number of hydrogen-bond donors (Lipinski definition) is 3. The number of hydrogen-bond acceptors (Lipinski definition) is 7. The van der Waals surface area contributed by atoms with Gasteiger partial charge in [-0.25, -0.2) is 14.8 Å². The Morgan fingerprint density at radius 1 is 1.17 bits per heavy atom. The van der Waals surface area contributed by atoms with E-state index < -0.39 is 12.1 Å². The first-order valence-electron chi connectivity index (χ1n) is 11.4. The maximum absolute atomic E-state index is 10.6. The van der Waals surface area contributed by atoms with Gasteiger partial charge < -0.3 is 25.8 Å². The lowest BCUT2D eigenvalue weighted by molar-refractivity contribution is -0.192. The zero-order valence-electron chi connectivity index (χ0n) is 19.3. The fourth-order valence-electron chi connectivity index (χ4n) is 4.13. The summed E-state index contributed by atoms with van der Waals surface area (Å²) in [4.78, 5) is 20.4. The molecule has 1 atom stereocenters. The van der Waals surface area contributed by atoms with Gasteiger partial charge in [0.2, 0.25) is 0 Å². The Hall–Kier alpha value is -4.02. The Labute approximate surface area is 205 Å². The van der Waals surface area contributed by atoms with Gasteiger partial charge in [0.05, 0.1) is 18.6 Å². The molecule has 2 aromatic carbocycles. The average Bonchev–Trinajstić information content (AvgIpc) is 3.14. The molecule has 0 saturated heterocycles. The van der Waals surface area contributed by atoms with Crippen LogP contribution < -0.4 is 16.0 Å². The van der Waals surface area contributed by atoms with E-state index in [1.54, 1.807) is 0 Å². The zero-order valence-corrected chi connectivity index (χ0v) is 19.3. The van der Waals surface area contributed by atoms with Crippen molar-refractivity contribution in [3.63, 3.8) is 0 Å². The number of aromatic nitrogens is 1. The maximum Gasteiger partial charge on any atom is 0.490 e. The highest BCUT2D eigenvalue weighted by Crippen LogP contribution is 2.30. The van der Waals surface area contributed by atoms with Gasteiger partial charge in [0, 0.05) is 30.2 Å². The summed E-state index contributed by atoms with van der Waals surface area (Å²) < 4.78 is 37.3. The van der Waals surface area contributed by atoms with Gasteiger partial charge in [-0.15, -0.1) is 0 Å². The first-order chi connectivity index (χ1) is 17.2. The molecule has 3 aromatic rings. The minimum Gasteiger partial charge on any atom is -0.475 e. The number of amidine groups is 1. The van der Waals surface area contributed by atoms with Crippen LogP contribution in [0, 0.1) is 0 Å². The third kappa shape index (κ3) is 6.15. The Kier molecular flexibility index (Phi) is 7.47. The monoisotopic (exact) mass is 501 g/mol. The second-order valence-electron chi connectivity index (χ2n) is 8.44. The summed E-state index contributed by atoms with van der Waals surface area (Å²) in [6, 6.07) is 19.4. The Morgan fingerprint density at radius 2 is 1.86 bits per heavy atom. The number of nitrogens with two attached hydrogens (primary N) is 1. The van der Waals surface area contributed by atoms with Crippen LogP contribution >= 0.6 is 0 Å². The molecule has 5 rings (SSSR count). The number of carboxylic acid groups (broad SMARTS) is 1. The highest BCUT2D eigenvalue weighted by molar-refractivity contribution is 5.93. The van der Waals surface area contributed by atoms with E-state index in [9.17, 15) is 13.2 Å². The lowest BCUT2D eigenvalue weighted by Crippen LogP contribution is -2.26. The van der Waals surface area contributed by atoms with Gasteiger partial charge in [0.15, 0.2) is 0 Å². The van der Waals surface area contributed by atoms with Gasteiger partial charge in [-0.2, -0.15) is 13.2 Å². The van der Waals surface area contributed by atoms with Gasteiger partial charge in [-0.1, -0.05) is 42.5 Å². The van der Waals surface area contributed by atoms with Gasteiger partial charge in [0.25, 0.3) is 6.02 Å². The summed E-state index contributed by atoms with van der Waals surface area (Å²) >= 11 is 0. The molecular weight excluding hydrogens is 475 g/mol. The number of aliphatic carboxylic acids is 1. The van der Waals surface area contributed by atoms with Crippen molar-refractivity contribution < 1.29 is 27.8 Å². The predicted octanol–water partition coefficient (Wildman–Crippen LogP) is 3.95. The summed E-state index contributed by atoms with van der Waals surface area (Å²) in [6.45, 7) is 3.13. The van der Waals surface area contributed by atoms with Crippen molar-refractivity contribution in [1.29, 1.82) is 0 Å². The molecule has 0 fully saturated rings. The van der Waals surface area contributed by atoms with Crippen molar-refractivity contribution in [2.45, 2.75) is 31.7 Å². The second-order valence-corrected chi connectivity index (χ2v) is 8.44. The number of benzene rings is 2. The van der Waals surface area contributed by atoms with E-state index >= 15 is 0 Å². The number of para-hydroxylation sites is 1. The molecule has 2 aliphatic rings. The minimum absolute atomic E-state index is 0.0320. The Balaban J connectivity index is 0.000000384. The molecular formula is C25H26F3N5O3. The summed E-state index contributed by atoms with van der Waals surface area (Å²) in [7, 11) is 0. The molecule has 2 aliphatic heterocycles. The number of anilines is 2. The molecule has 4 N–H and O–H groups in total. The van der Waals surface area contributed by atoms with E-state index in [0.717, 1.165) is 48.3 Å². The molecule has 11 heteroatoms. The third-order valence-corrected chi connectivity index (χ3v) is 5.88. The summed E-state index contributed by atoms with van der Waals surface area (Å²) in [5.74, 6) is -1.75. The Morgan fingerprint density at radius 3 is 2.56 bits per heavy atom. The fraction of sp³-hybridized carbons (Fsp3) is 0.320. The van der Waals surface area contributed by atoms with Crippen LogP contribution in [0.1, 0.15) is 17.5 Å². The number of halogens is 3. The van der Waals surface area contributed by atoms with Crippen molar-refractivity contribution >= 4 is 34.4 Å². The number of fused-ring (bicyclic) bond motifs is 2. The summed E-state index contributed by atoms with van der Waals surface area (Å²) in [5, 5.41) is 11.8. The first kappa shape index (κ1) is 25.1. The van der Waals surface area contributed by atoms with E-state index in [-0.39, 0.29) is 12.1 Å². The number of carbonyl (C=O) groups is 1. The highest BCUT2D eigenvalue weighted by Gasteiger charge is 2.38. The largest absolute Gasteiger partial charge is 0.490 e. The molecule has 1 aromatic heterocycles. The van der Waals surface area contributed by atoms with E-state index in [0.29, 0.717) is 13.1 Å². The van der Waals surface area contributed by atoms with E-state index in [1.165, 1.54) is 11.1 Å². The SMILES string of the molecule is NC1=NCC(CNc2cc(N3CCCc4ccccc4C3)nc3ccccc23)O1.O=C(O)C(F)(F)F. The lowest BCUT2D eigenvalue weighted by Gasteiger charge is -2.24. The standard InChI is InChI=1S/C23H25N5O.C2HF3O2/c24-23-26-14-18(29-23)13-25-21-12-22(27-20-10-4-3-9-19(20)21)28-11-5-8-16-6-1-2-7-17(16)15-28;3-2(4,5)1(6)7/h1-4,6-7,9-10,12,18H,5,8,11,13-15H2,(H2,24,26)(H,25,27);(H,6,7). The highest BCUT2D eigenvalue weighted by atomic mass is 19.4. The molecule has 0 radical (unpaired) electrons. The molecule has 1 unspecified atom stereocenters. The fourth-order valence-corrected chi connectivity index (χ4v) is 4.13. The van der Waals surface area contributed by atoms with Gasteiger partial charge in [-0.3, -0.25) is 0 Å². The quantitative estimate of drug-likeness (QED) is 0.496. The molecule has 0 spiro atoms. The molecule has 0 saturated carbocycles. The maximum atomic E-state index is 10.6. The van der Waals surface area contributed by atoms with Crippen molar-refractivity contribution in [1.82, 2.24) is 4.98 Å². The predicted molar refractivity (Wildman–Crippen MR) is 131 cm³/mol. The number of rotatable bonds is 4. The topological polar surface area (TPSA) is 113 Å². The number of nitrogens with zero attached hydrogens (tertiary/aromatic N) is 3. The molecule has 190 valence electrons. The van der Waals surface area contributed by atoms with Crippen LogP contribution in [-0.4, -0.2) is 54.0 Å². The van der Waals surface area contributed by atoms with Crippen LogP contribution in [0.2, 0.25) is 0 Å². The van der Waals surface area contributed by atoms with Crippen LogP contribution in [0.3, 0.4) is 0 Å². The number of alkyl halides is 3. The number of pyridine rings is 1. The molecule has 0 bridgehead atoms. The molecule has 36 heavy (non-hydrogen) atoms. The van der Waals surface area contributed by atoms with Crippen LogP contribution in [-0.2, 0) is 22.5 Å². The number of aryl methyl sites for hydroxylation is 1. The normalized spacial score (nSPS) is 17.2. The van der Waals surface area contributed by atoms with Crippen LogP contribution in [0.4, 0.5) is 24.7 Å². The number of ether oxygens (including phenoxy) is 1. The van der Waals surface area contributed by atoms with Crippen LogP contribution in [0.25, 0.3) is 10.9 Å². The molecule has 3 heterocycles. The van der Waals surface area contributed by atoms with E-state index in [2.05, 4.69) is 57.7 Å². The Bertz CT molecular complexity index is 1270. The smallest absolute Gasteiger partial charge is 0.475 e. The zero-order chi connectivity index (χ0) is 25.7. The second kappa shape index (κ2) is 10.7. The van der Waals surface area contributed by atoms with Crippen LogP contribution in [0.5, 0.6) is 0 Å². The van der Waals surface area contributed by atoms with E-state index in [4.69, 9.17) is 25.4 Å². The van der Waals surface area contributed by atoms with Crippen molar-refractivity contribution in [3.05, 3.63) is 65.7 Å². The minimum atomic E-state index is -5.08. The number of carboxylic acids is 1. The van der Waals surface area contributed by atoms with Crippen molar-refractivity contribution in [2.24, 2.45) is 10.7 Å². The molecule has 8 nitrogen and oxygen atoms in total. The summed E-state index contributed by atoms with van der Waals surface area (Å²) in [6.07, 6.45) is -2.87. The van der Waals surface area contributed by atoms with Crippen molar-refractivity contribution in [2.75, 3.05) is 29.9 Å². The average molecular weight is 502 g/mol.